The Labute approximate surface area is 177 Å². The summed E-state index contributed by atoms with van der Waals surface area (Å²) in [5.41, 5.74) is 3.28. The molecule has 0 radical (unpaired) electrons. The molecule has 0 aliphatic carbocycles. The molecular weight excluding hydrogens is 378 g/mol. The van der Waals surface area contributed by atoms with Gasteiger partial charge < -0.3 is 9.80 Å². The maximum absolute atomic E-state index is 13.8. The van der Waals surface area contributed by atoms with E-state index in [9.17, 15) is 9.59 Å². The van der Waals surface area contributed by atoms with Crippen molar-refractivity contribution in [1.29, 1.82) is 0 Å². The molecule has 3 aliphatic heterocycles. The topological polar surface area (TPSA) is 71.3 Å². The summed E-state index contributed by atoms with van der Waals surface area (Å²) >= 11 is 0. The molecule has 7 nitrogen and oxygen atoms in total. The van der Waals surface area contributed by atoms with Crippen LogP contribution >= 0.6 is 0 Å². The van der Waals surface area contributed by atoms with Crippen LogP contribution in [0.4, 0.5) is 0 Å². The summed E-state index contributed by atoms with van der Waals surface area (Å²) in [6.07, 6.45) is 3.87. The minimum Gasteiger partial charge on any atom is -0.339 e. The molecule has 0 spiro atoms. The third kappa shape index (κ3) is 3.01. The number of pyridine rings is 1. The number of likely N-dealkylation sites (tertiary alicyclic amines) is 1. The van der Waals surface area contributed by atoms with Crippen LogP contribution in [0.5, 0.6) is 0 Å². The van der Waals surface area contributed by atoms with Crippen molar-refractivity contribution in [2.45, 2.75) is 58.4 Å². The zero-order valence-corrected chi connectivity index (χ0v) is 18.4. The molecular formula is C23H31N5O2. The lowest BCUT2D eigenvalue weighted by Gasteiger charge is -2.52. The SMILES string of the molecule is Cc1nn(C)c2nc(C(C)C)cc(C(=O)N3C[C@@H]4C[C@@H](C3)C3CCCC(=O)N3C4)c12. The summed E-state index contributed by atoms with van der Waals surface area (Å²) < 4.78 is 1.78. The molecule has 3 aliphatic rings. The third-order valence-corrected chi connectivity index (χ3v) is 7.28. The fourth-order valence-corrected chi connectivity index (χ4v) is 5.87. The highest BCUT2D eigenvalue weighted by molar-refractivity contribution is 6.06. The Balaban J connectivity index is 1.50. The van der Waals surface area contributed by atoms with Crippen LogP contribution in [0.25, 0.3) is 11.0 Å². The number of nitrogens with zero attached hydrogens (tertiary/aromatic N) is 5. The number of aryl methyl sites for hydroxylation is 2. The molecule has 2 amide bonds. The molecule has 7 heteroatoms. The third-order valence-electron chi connectivity index (χ3n) is 7.28. The Morgan fingerprint density at radius 3 is 2.80 bits per heavy atom. The first-order chi connectivity index (χ1) is 14.3. The van der Waals surface area contributed by atoms with E-state index in [0.717, 1.165) is 66.9 Å². The Kier molecular flexibility index (Phi) is 4.60. The highest BCUT2D eigenvalue weighted by Gasteiger charge is 2.45. The smallest absolute Gasteiger partial charge is 0.254 e. The van der Waals surface area contributed by atoms with Gasteiger partial charge >= 0.3 is 0 Å². The Hall–Kier alpha value is -2.44. The van der Waals surface area contributed by atoms with E-state index in [-0.39, 0.29) is 11.8 Å². The van der Waals surface area contributed by atoms with Crippen LogP contribution in [-0.4, -0.2) is 62.1 Å². The summed E-state index contributed by atoms with van der Waals surface area (Å²) in [5.74, 6) is 1.40. The molecule has 30 heavy (non-hydrogen) atoms. The minimum atomic E-state index is 0.0886. The summed E-state index contributed by atoms with van der Waals surface area (Å²) in [7, 11) is 1.89. The van der Waals surface area contributed by atoms with Crippen molar-refractivity contribution in [2.24, 2.45) is 18.9 Å². The lowest BCUT2D eigenvalue weighted by Crippen LogP contribution is -2.61. The number of carbonyl (C=O) groups is 2. The van der Waals surface area contributed by atoms with Gasteiger partial charge in [-0.25, -0.2) is 4.98 Å². The maximum Gasteiger partial charge on any atom is 0.254 e. The fourth-order valence-electron chi connectivity index (χ4n) is 5.87. The van der Waals surface area contributed by atoms with Crippen molar-refractivity contribution in [1.82, 2.24) is 24.6 Å². The summed E-state index contributed by atoms with van der Waals surface area (Å²) in [5, 5.41) is 5.41. The second kappa shape index (κ2) is 7.06. The van der Waals surface area contributed by atoms with Crippen molar-refractivity contribution in [3.05, 3.63) is 23.0 Å². The predicted molar refractivity (Wildman–Crippen MR) is 114 cm³/mol. The lowest BCUT2D eigenvalue weighted by atomic mass is 9.76. The number of aromatic nitrogens is 3. The summed E-state index contributed by atoms with van der Waals surface area (Å²) in [4.78, 5) is 35.2. The van der Waals surface area contributed by atoms with Crippen LogP contribution in [0.2, 0.25) is 0 Å². The van der Waals surface area contributed by atoms with E-state index in [2.05, 4.69) is 23.8 Å². The first-order valence-corrected chi connectivity index (χ1v) is 11.3. The monoisotopic (exact) mass is 409 g/mol. The van der Waals surface area contributed by atoms with E-state index < -0.39 is 0 Å². The van der Waals surface area contributed by atoms with Crippen molar-refractivity contribution < 1.29 is 9.59 Å². The molecule has 5 heterocycles. The van der Waals surface area contributed by atoms with Gasteiger partial charge in [0.15, 0.2) is 5.65 Å². The van der Waals surface area contributed by atoms with Gasteiger partial charge in [-0.1, -0.05) is 13.8 Å². The molecule has 0 N–H and O–H groups in total. The summed E-state index contributed by atoms with van der Waals surface area (Å²) in [6, 6.07) is 2.28. The standard InChI is InChI=1S/C23H31N5O2/c1-13(2)18-9-17(21-14(3)25-26(4)22(21)24-18)23(30)27-10-15-8-16(12-27)19-6-5-7-20(29)28(19)11-15/h9,13,15-16,19H,5-8,10-12H2,1-4H3/t15-,16-,19?/m0/s1. The van der Waals surface area contributed by atoms with Gasteiger partial charge in [0, 0.05) is 44.8 Å². The zero-order chi connectivity index (χ0) is 21.2. The average Bonchev–Trinajstić information content (AvgIpc) is 3.01. The van der Waals surface area contributed by atoms with Gasteiger partial charge in [0.25, 0.3) is 5.91 Å². The van der Waals surface area contributed by atoms with Crippen LogP contribution < -0.4 is 0 Å². The Morgan fingerprint density at radius 1 is 1.23 bits per heavy atom. The van der Waals surface area contributed by atoms with Gasteiger partial charge in [0.2, 0.25) is 5.91 Å². The molecule has 0 aromatic carbocycles. The van der Waals surface area contributed by atoms with Gasteiger partial charge in [0.05, 0.1) is 16.6 Å². The first kappa shape index (κ1) is 19.5. The molecule has 3 fully saturated rings. The van der Waals surface area contributed by atoms with E-state index in [1.807, 2.05) is 24.9 Å². The molecule has 2 aromatic rings. The van der Waals surface area contributed by atoms with E-state index in [4.69, 9.17) is 4.98 Å². The fraction of sp³-hybridized carbons (Fsp3) is 0.652. The molecule has 0 saturated carbocycles. The minimum absolute atomic E-state index is 0.0886. The second-order valence-corrected chi connectivity index (χ2v) is 9.73. The molecule has 2 bridgehead atoms. The van der Waals surface area contributed by atoms with E-state index in [0.29, 0.717) is 30.2 Å². The average molecular weight is 410 g/mol. The number of hydrogen-bond donors (Lipinski definition) is 0. The van der Waals surface area contributed by atoms with Crippen LogP contribution in [0.1, 0.15) is 67.2 Å². The Morgan fingerprint density at radius 2 is 2.03 bits per heavy atom. The first-order valence-electron chi connectivity index (χ1n) is 11.3. The number of hydrogen-bond acceptors (Lipinski definition) is 4. The number of fused-ring (bicyclic) bond motifs is 5. The van der Waals surface area contributed by atoms with Gasteiger partial charge in [-0.05, 0) is 50.0 Å². The predicted octanol–water partition coefficient (Wildman–Crippen LogP) is 2.87. The molecule has 5 rings (SSSR count). The van der Waals surface area contributed by atoms with Gasteiger partial charge in [-0.3, -0.25) is 14.3 Å². The van der Waals surface area contributed by atoms with E-state index in [1.54, 1.807) is 4.68 Å². The largest absolute Gasteiger partial charge is 0.339 e. The van der Waals surface area contributed by atoms with Gasteiger partial charge in [-0.15, -0.1) is 0 Å². The van der Waals surface area contributed by atoms with Crippen molar-refractivity contribution in [3.8, 4) is 0 Å². The van der Waals surface area contributed by atoms with Crippen LogP contribution in [-0.2, 0) is 11.8 Å². The van der Waals surface area contributed by atoms with Crippen molar-refractivity contribution in [3.63, 3.8) is 0 Å². The number of piperidine rings is 3. The molecule has 160 valence electrons. The number of amides is 2. The molecule has 3 saturated heterocycles. The van der Waals surface area contributed by atoms with Crippen LogP contribution in [0.3, 0.4) is 0 Å². The molecule has 3 atom stereocenters. The zero-order valence-electron chi connectivity index (χ0n) is 18.4. The summed E-state index contributed by atoms with van der Waals surface area (Å²) in [6.45, 7) is 8.43. The van der Waals surface area contributed by atoms with Crippen molar-refractivity contribution >= 4 is 22.8 Å². The molecule has 2 aromatic heterocycles. The number of carbonyl (C=O) groups excluding carboxylic acids is 2. The molecule has 1 unspecified atom stereocenters. The maximum atomic E-state index is 13.8. The van der Waals surface area contributed by atoms with E-state index >= 15 is 0 Å². The quantitative estimate of drug-likeness (QED) is 0.765. The van der Waals surface area contributed by atoms with Crippen LogP contribution in [0, 0.1) is 18.8 Å². The highest BCUT2D eigenvalue weighted by atomic mass is 16.2. The number of rotatable bonds is 2. The normalized spacial score (nSPS) is 26.4. The second-order valence-electron chi connectivity index (χ2n) is 9.73. The van der Waals surface area contributed by atoms with Crippen LogP contribution in [0.15, 0.2) is 6.07 Å². The van der Waals surface area contributed by atoms with Crippen molar-refractivity contribution in [2.75, 3.05) is 19.6 Å². The highest BCUT2D eigenvalue weighted by Crippen LogP contribution is 2.38. The lowest BCUT2D eigenvalue weighted by molar-refractivity contribution is -0.144. The Bertz CT molecular complexity index is 1030. The van der Waals surface area contributed by atoms with Gasteiger partial charge in [0.1, 0.15) is 0 Å². The van der Waals surface area contributed by atoms with E-state index in [1.165, 1.54) is 0 Å². The van der Waals surface area contributed by atoms with Gasteiger partial charge in [-0.2, -0.15) is 5.10 Å².